The van der Waals surface area contributed by atoms with Crippen LogP contribution in [0, 0.1) is 0 Å². The first-order chi connectivity index (χ1) is 10.0. The Morgan fingerprint density at radius 2 is 2.05 bits per heavy atom. The van der Waals surface area contributed by atoms with Gasteiger partial charge in [-0.25, -0.2) is 9.78 Å². The summed E-state index contributed by atoms with van der Waals surface area (Å²) in [5.41, 5.74) is -0.525. The zero-order valence-electron chi connectivity index (χ0n) is 10.6. The van der Waals surface area contributed by atoms with Crippen LogP contribution in [0.5, 0.6) is 0 Å². The molecule has 0 unspecified atom stereocenters. The van der Waals surface area contributed by atoms with Gasteiger partial charge < -0.3 is 20.1 Å². The molecule has 1 aliphatic rings. The first-order valence-electron chi connectivity index (χ1n) is 6.19. The summed E-state index contributed by atoms with van der Waals surface area (Å²) >= 11 is 5.73. The number of ether oxygens (including phenoxy) is 1. The van der Waals surface area contributed by atoms with Crippen LogP contribution in [-0.4, -0.2) is 54.8 Å². The van der Waals surface area contributed by atoms with E-state index in [0.717, 1.165) is 4.57 Å². The third kappa shape index (κ3) is 2.41. The highest BCUT2D eigenvalue weighted by Gasteiger charge is 2.43. The molecule has 4 atom stereocenters. The maximum Gasteiger partial charge on any atom is 0.351 e. The fraction of sp³-hybridized carbons (Fsp3) is 0.417. The minimum Gasteiger partial charge on any atom is -0.394 e. The van der Waals surface area contributed by atoms with E-state index in [1.807, 2.05) is 0 Å². The predicted octanol–water partition coefficient (Wildman–Crippen LogP) is -0.944. The number of rotatable bonds is 2. The third-order valence-electron chi connectivity index (χ3n) is 3.36. The van der Waals surface area contributed by atoms with Gasteiger partial charge in [0, 0.05) is 11.6 Å². The molecule has 2 aromatic rings. The molecule has 1 saturated heterocycles. The van der Waals surface area contributed by atoms with Crippen molar-refractivity contribution in [2.45, 2.75) is 24.5 Å². The van der Waals surface area contributed by atoms with E-state index in [1.165, 1.54) is 12.3 Å². The van der Waals surface area contributed by atoms with Gasteiger partial charge in [0.2, 0.25) is 0 Å². The van der Waals surface area contributed by atoms with Crippen LogP contribution < -0.4 is 5.69 Å². The average Bonchev–Trinajstić information content (AvgIpc) is 2.74. The number of nitrogens with zero attached hydrogens (tertiary/aromatic N) is 3. The number of hydrogen-bond acceptors (Lipinski definition) is 7. The fourth-order valence-electron chi connectivity index (χ4n) is 2.27. The van der Waals surface area contributed by atoms with Crippen LogP contribution in [-0.2, 0) is 4.74 Å². The van der Waals surface area contributed by atoms with Gasteiger partial charge in [0.25, 0.3) is 0 Å². The highest BCUT2D eigenvalue weighted by Crippen LogP contribution is 2.28. The Bertz CT molecular complexity index is 736. The molecule has 1 fully saturated rings. The number of halogens is 1. The summed E-state index contributed by atoms with van der Waals surface area (Å²) in [6.07, 6.45) is -3.31. The van der Waals surface area contributed by atoms with Crippen molar-refractivity contribution >= 4 is 22.6 Å². The topological polar surface area (TPSA) is 118 Å². The molecule has 0 aliphatic carbocycles. The van der Waals surface area contributed by atoms with Gasteiger partial charge in [-0.3, -0.25) is 4.57 Å². The highest BCUT2D eigenvalue weighted by atomic mass is 35.5. The molecule has 0 spiro atoms. The minimum absolute atomic E-state index is 0.176. The molecule has 3 N–H and O–H groups in total. The van der Waals surface area contributed by atoms with Gasteiger partial charge >= 0.3 is 5.69 Å². The van der Waals surface area contributed by atoms with Gasteiger partial charge in [-0.2, -0.15) is 4.98 Å². The molecule has 3 rings (SSSR count). The monoisotopic (exact) mass is 313 g/mol. The largest absolute Gasteiger partial charge is 0.394 e. The van der Waals surface area contributed by atoms with Gasteiger partial charge in [-0.15, -0.1) is 0 Å². The van der Waals surface area contributed by atoms with E-state index in [1.54, 1.807) is 6.07 Å². The molecule has 9 heteroatoms. The Kier molecular flexibility index (Phi) is 3.64. The Balaban J connectivity index is 2.07. The van der Waals surface area contributed by atoms with Crippen LogP contribution in [0.1, 0.15) is 6.23 Å². The second-order valence-electron chi connectivity index (χ2n) is 4.71. The van der Waals surface area contributed by atoms with Crippen molar-refractivity contribution in [3.8, 4) is 0 Å². The Hall–Kier alpha value is -1.58. The van der Waals surface area contributed by atoms with Crippen molar-refractivity contribution in [2.24, 2.45) is 0 Å². The Labute approximate surface area is 123 Å². The quantitative estimate of drug-likeness (QED) is 0.612. The lowest BCUT2D eigenvalue weighted by Gasteiger charge is -2.17. The van der Waals surface area contributed by atoms with Crippen LogP contribution in [0.15, 0.2) is 23.1 Å². The molecule has 0 bridgehead atoms. The van der Waals surface area contributed by atoms with Crippen molar-refractivity contribution in [1.29, 1.82) is 0 Å². The number of aromatic nitrogens is 3. The van der Waals surface area contributed by atoms with Crippen LogP contribution in [0.25, 0.3) is 11.0 Å². The minimum atomic E-state index is -1.35. The van der Waals surface area contributed by atoms with Crippen LogP contribution in [0.3, 0.4) is 0 Å². The fourth-order valence-corrected chi connectivity index (χ4v) is 2.41. The number of fused-ring (bicyclic) bond motifs is 1. The number of hydrogen-bond donors (Lipinski definition) is 3. The summed E-state index contributed by atoms with van der Waals surface area (Å²) in [6, 6.07) is 3.16. The van der Waals surface area contributed by atoms with Crippen LogP contribution >= 0.6 is 11.6 Å². The zero-order chi connectivity index (χ0) is 15.1. The first-order valence-corrected chi connectivity index (χ1v) is 6.57. The molecule has 0 amide bonds. The molecule has 3 heterocycles. The number of pyridine rings is 1. The summed E-state index contributed by atoms with van der Waals surface area (Å²) in [5, 5.41) is 29.5. The van der Waals surface area contributed by atoms with Gasteiger partial charge in [0.15, 0.2) is 11.9 Å². The molecular weight excluding hydrogens is 302 g/mol. The second kappa shape index (κ2) is 5.32. The summed E-state index contributed by atoms with van der Waals surface area (Å²) in [6.45, 7) is -0.471. The highest BCUT2D eigenvalue weighted by molar-refractivity contribution is 6.29. The molecule has 1 aliphatic heterocycles. The number of aliphatic hydroxyl groups excluding tert-OH is 3. The van der Waals surface area contributed by atoms with E-state index in [4.69, 9.17) is 21.4 Å². The van der Waals surface area contributed by atoms with Crippen LogP contribution in [0.2, 0.25) is 5.15 Å². The third-order valence-corrected chi connectivity index (χ3v) is 3.57. The molecular formula is C12H12ClN3O5. The summed E-state index contributed by atoms with van der Waals surface area (Å²) in [7, 11) is 0. The lowest BCUT2D eigenvalue weighted by atomic mass is 10.1. The summed E-state index contributed by atoms with van der Waals surface area (Å²) in [5.74, 6) is 0. The Morgan fingerprint density at radius 1 is 1.29 bits per heavy atom. The zero-order valence-corrected chi connectivity index (χ0v) is 11.4. The average molecular weight is 314 g/mol. The second-order valence-corrected chi connectivity index (χ2v) is 5.09. The standard InChI is InChI=1S/C12H12ClN3O5/c13-7-2-1-5-3-16(12(20)15-10(5)14-7)11-9(19)8(18)6(4-17)21-11/h1-3,6,8-9,11,17-19H,4H2/t6-,8-,9-,11-/m1/s1. The van der Waals surface area contributed by atoms with E-state index in [0.29, 0.717) is 5.39 Å². The molecule has 0 aromatic carbocycles. The maximum atomic E-state index is 12.0. The van der Waals surface area contributed by atoms with Crippen molar-refractivity contribution in [3.05, 3.63) is 34.0 Å². The van der Waals surface area contributed by atoms with E-state index in [2.05, 4.69) is 9.97 Å². The van der Waals surface area contributed by atoms with E-state index >= 15 is 0 Å². The van der Waals surface area contributed by atoms with Crippen molar-refractivity contribution in [1.82, 2.24) is 14.5 Å². The molecule has 112 valence electrons. The molecule has 8 nitrogen and oxygen atoms in total. The summed E-state index contributed by atoms with van der Waals surface area (Å²) < 4.78 is 6.36. The molecule has 0 radical (unpaired) electrons. The lowest BCUT2D eigenvalue weighted by Crippen LogP contribution is -2.36. The molecule has 21 heavy (non-hydrogen) atoms. The van der Waals surface area contributed by atoms with Gasteiger partial charge in [-0.1, -0.05) is 11.6 Å². The van der Waals surface area contributed by atoms with Crippen molar-refractivity contribution < 1.29 is 20.1 Å². The predicted molar refractivity (Wildman–Crippen MR) is 71.8 cm³/mol. The lowest BCUT2D eigenvalue weighted by molar-refractivity contribution is -0.0547. The summed E-state index contributed by atoms with van der Waals surface area (Å²) in [4.78, 5) is 19.7. The van der Waals surface area contributed by atoms with Gasteiger partial charge in [0.1, 0.15) is 23.5 Å². The maximum absolute atomic E-state index is 12.0. The Morgan fingerprint density at radius 3 is 2.71 bits per heavy atom. The number of aliphatic hydroxyl groups is 3. The molecule has 0 saturated carbocycles. The van der Waals surface area contributed by atoms with Crippen molar-refractivity contribution in [3.63, 3.8) is 0 Å². The first kappa shape index (κ1) is 14.4. The van der Waals surface area contributed by atoms with E-state index in [9.17, 15) is 15.0 Å². The normalized spacial score (nSPS) is 29.1. The van der Waals surface area contributed by atoms with Crippen LogP contribution in [0.4, 0.5) is 0 Å². The van der Waals surface area contributed by atoms with E-state index < -0.39 is 36.8 Å². The van der Waals surface area contributed by atoms with Crippen molar-refractivity contribution in [2.75, 3.05) is 6.61 Å². The van der Waals surface area contributed by atoms with E-state index in [-0.39, 0.29) is 10.8 Å². The molecule has 2 aromatic heterocycles. The van der Waals surface area contributed by atoms with Gasteiger partial charge in [-0.05, 0) is 12.1 Å². The van der Waals surface area contributed by atoms with Gasteiger partial charge in [0.05, 0.1) is 6.61 Å². The SMILES string of the molecule is O=c1nc2nc(Cl)ccc2cn1[C@@H]1O[C@H](CO)[C@@H](O)[C@H]1O. The smallest absolute Gasteiger partial charge is 0.351 e.